The number of rotatable bonds is 4. The van der Waals surface area contributed by atoms with E-state index in [9.17, 15) is 4.21 Å². The van der Waals surface area contributed by atoms with Gasteiger partial charge in [0.25, 0.3) is 0 Å². The van der Waals surface area contributed by atoms with Crippen molar-refractivity contribution in [3.63, 3.8) is 0 Å². The lowest BCUT2D eigenvalue weighted by Gasteiger charge is -2.34. The Kier molecular flexibility index (Phi) is 4.34. The van der Waals surface area contributed by atoms with Crippen molar-refractivity contribution in [1.82, 2.24) is 4.98 Å². The summed E-state index contributed by atoms with van der Waals surface area (Å²) in [5.41, 5.74) is 2.31. The number of hydrogen-bond donors (Lipinski definition) is 1. The molecular weight excluding hydrogens is 294 g/mol. The molecule has 0 radical (unpaired) electrons. The molecule has 2 heterocycles. The van der Waals surface area contributed by atoms with E-state index in [1.807, 2.05) is 12.3 Å². The van der Waals surface area contributed by atoms with Gasteiger partial charge in [-0.2, -0.15) is 0 Å². The molecule has 1 aromatic heterocycles. The smallest absolute Gasteiger partial charge is 0.0722 e. The number of para-hydroxylation sites is 1. The van der Waals surface area contributed by atoms with E-state index in [-0.39, 0.29) is 0 Å². The van der Waals surface area contributed by atoms with Crippen LogP contribution in [0.5, 0.6) is 0 Å². The highest BCUT2D eigenvalue weighted by Crippen LogP contribution is 2.30. The lowest BCUT2D eigenvalue weighted by atomic mass is 9.94. The predicted molar refractivity (Wildman–Crippen MR) is 93.0 cm³/mol. The molecule has 4 nitrogen and oxygen atoms in total. The van der Waals surface area contributed by atoms with Crippen LogP contribution in [0.4, 0.5) is 5.69 Å². The minimum Gasteiger partial charge on any atom is -0.371 e. The summed E-state index contributed by atoms with van der Waals surface area (Å²) in [6.07, 6.45) is 6.59. The van der Waals surface area contributed by atoms with E-state index in [1.165, 1.54) is 11.1 Å². The third-order valence-corrected chi connectivity index (χ3v) is 5.51. The van der Waals surface area contributed by atoms with E-state index < -0.39 is 9.73 Å². The molecule has 1 aliphatic rings. The van der Waals surface area contributed by atoms with E-state index in [2.05, 4.69) is 34.1 Å². The average molecular weight is 317 g/mol. The molecule has 0 spiro atoms. The van der Waals surface area contributed by atoms with Gasteiger partial charge in [0.15, 0.2) is 0 Å². The molecule has 0 amide bonds. The monoisotopic (exact) mass is 317 g/mol. The van der Waals surface area contributed by atoms with Gasteiger partial charge in [-0.05, 0) is 37.3 Å². The lowest BCUT2D eigenvalue weighted by Crippen LogP contribution is -2.34. The summed E-state index contributed by atoms with van der Waals surface area (Å²) in [4.78, 5) is 6.86. The van der Waals surface area contributed by atoms with Crippen molar-refractivity contribution in [2.75, 3.05) is 30.0 Å². The van der Waals surface area contributed by atoms with Gasteiger partial charge in [0, 0.05) is 52.1 Å². The fourth-order valence-corrected chi connectivity index (χ4v) is 3.99. The van der Waals surface area contributed by atoms with Crippen molar-refractivity contribution in [2.45, 2.75) is 19.3 Å². The van der Waals surface area contributed by atoms with E-state index in [0.29, 0.717) is 11.7 Å². The normalized spacial score (nSPS) is 19.2. The summed E-state index contributed by atoms with van der Waals surface area (Å²) < 4.78 is 19.0. The maximum atomic E-state index is 11.5. The van der Waals surface area contributed by atoms with Crippen molar-refractivity contribution in [1.29, 1.82) is 4.78 Å². The molecule has 1 fully saturated rings. The molecule has 1 aromatic carbocycles. The number of aromatic nitrogens is 1. The zero-order chi connectivity index (χ0) is 15.6. The first-order valence-electron chi connectivity index (χ1n) is 7.83. The number of nitrogens with zero attached hydrogens (tertiary/aromatic N) is 2. The van der Waals surface area contributed by atoms with Gasteiger partial charge >= 0.3 is 0 Å². The molecule has 5 heteroatoms. The zero-order valence-corrected chi connectivity index (χ0v) is 13.8. The molecule has 1 atom stereocenters. The molecule has 2 aromatic rings. The van der Waals surface area contributed by atoms with Crippen LogP contribution in [0.3, 0.4) is 0 Å². The summed E-state index contributed by atoms with van der Waals surface area (Å²) in [6, 6.07) is 10.4. The lowest BCUT2D eigenvalue weighted by molar-refractivity contribution is 0.396. The minimum absolute atomic E-state index is 0.538. The fraction of sp³-hybridized carbons (Fsp3) is 0.471. The largest absolute Gasteiger partial charge is 0.371 e. The van der Waals surface area contributed by atoms with Crippen LogP contribution in [0.2, 0.25) is 0 Å². The highest BCUT2D eigenvalue weighted by Gasteiger charge is 2.21. The molecule has 0 bridgehead atoms. The molecule has 118 valence electrons. The topological polar surface area (TPSA) is 57.1 Å². The van der Waals surface area contributed by atoms with Crippen molar-refractivity contribution in [3.05, 3.63) is 36.5 Å². The van der Waals surface area contributed by atoms with E-state index in [4.69, 9.17) is 4.78 Å². The number of nitrogens with one attached hydrogen (secondary N) is 1. The third kappa shape index (κ3) is 3.58. The quantitative estimate of drug-likeness (QED) is 0.938. The van der Waals surface area contributed by atoms with Crippen LogP contribution in [0.25, 0.3) is 10.9 Å². The van der Waals surface area contributed by atoms with Gasteiger partial charge in [0.05, 0.1) is 5.52 Å². The summed E-state index contributed by atoms with van der Waals surface area (Å²) in [7, 11) is -2.34. The molecular formula is C17H23N3OS. The van der Waals surface area contributed by atoms with E-state index in [1.54, 1.807) is 6.26 Å². The molecule has 0 aliphatic carbocycles. The van der Waals surface area contributed by atoms with Crippen molar-refractivity contribution < 1.29 is 4.21 Å². The van der Waals surface area contributed by atoms with Gasteiger partial charge in [-0.25, -0.2) is 0 Å². The number of fused-ring (bicyclic) bond motifs is 1. The third-order valence-electron chi connectivity index (χ3n) is 4.50. The summed E-state index contributed by atoms with van der Waals surface area (Å²) in [5.74, 6) is 1.14. The number of piperidine rings is 1. The number of pyridine rings is 1. The average Bonchev–Trinajstić information content (AvgIpc) is 2.52. The molecule has 1 unspecified atom stereocenters. The molecule has 22 heavy (non-hydrogen) atoms. The van der Waals surface area contributed by atoms with Crippen molar-refractivity contribution in [3.8, 4) is 0 Å². The molecule has 3 rings (SSSR count). The minimum atomic E-state index is -2.34. The van der Waals surface area contributed by atoms with Crippen LogP contribution >= 0.6 is 0 Å². The van der Waals surface area contributed by atoms with E-state index >= 15 is 0 Å². The highest BCUT2D eigenvalue weighted by molar-refractivity contribution is 7.91. The van der Waals surface area contributed by atoms with Gasteiger partial charge < -0.3 is 4.90 Å². The van der Waals surface area contributed by atoms with Crippen molar-refractivity contribution >= 4 is 26.3 Å². The Balaban J connectivity index is 1.68. The Hall–Kier alpha value is -1.62. The molecule has 0 saturated carbocycles. The van der Waals surface area contributed by atoms with Gasteiger partial charge in [0.2, 0.25) is 0 Å². The Morgan fingerprint density at radius 2 is 2.00 bits per heavy atom. The summed E-state index contributed by atoms with van der Waals surface area (Å²) >= 11 is 0. The van der Waals surface area contributed by atoms with Crippen molar-refractivity contribution in [2.24, 2.45) is 5.92 Å². The predicted octanol–water partition coefficient (Wildman–Crippen LogP) is 3.52. The zero-order valence-electron chi connectivity index (χ0n) is 13.0. The van der Waals surface area contributed by atoms with Gasteiger partial charge in [-0.1, -0.05) is 18.2 Å². The number of benzene rings is 1. The second-order valence-electron chi connectivity index (χ2n) is 6.28. The Labute approximate surface area is 132 Å². The van der Waals surface area contributed by atoms with Crippen LogP contribution in [0.15, 0.2) is 36.5 Å². The number of hydrogen-bond acceptors (Lipinski definition) is 4. The van der Waals surface area contributed by atoms with Gasteiger partial charge in [0.1, 0.15) is 0 Å². The maximum absolute atomic E-state index is 11.5. The van der Waals surface area contributed by atoms with Gasteiger partial charge in [-0.15, -0.1) is 0 Å². The summed E-state index contributed by atoms with van der Waals surface area (Å²) in [6.45, 7) is 2.06. The first kappa shape index (κ1) is 15.3. The van der Waals surface area contributed by atoms with Crippen LogP contribution in [0, 0.1) is 10.7 Å². The highest BCUT2D eigenvalue weighted by atomic mass is 32.2. The second kappa shape index (κ2) is 6.24. The first-order chi connectivity index (χ1) is 10.5. The van der Waals surface area contributed by atoms with E-state index in [0.717, 1.165) is 37.9 Å². The number of anilines is 1. The Morgan fingerprint density at radius 1 is 1.27 bits per heavy atom. The molecule has 1 N–H and O–H groups in total. The molecule has 1 aliphatic heterocycles. The van der Waals surface area contributed by atoms with Crippen LogP contribution < -0.4 is 4.90 Å². The van der Waals surface area contributed by atoms with Crippen LogP contribution in [0.1, 0.15) is 19.3 Å². The molecule has 1 saturated heterocycles. The Morgan fingerprint density at radius 3 is 2.73 bits per heavy atom. The van der Waals surface area contributed by atoms with Crippen LogP contribution in [-0.4, -0.2) is 34.3 Å². The van der Waals surface area contributed by atoms with Crippen LogP contribution in [-0.2, 0) is 9.73 Å². The fourth-order valence-electron chi connectivity index (χ4n) is 3.21. The Bertz CT molecular complexity index is 744. The summed E-state index contributed by atoms with van der Waals surface area (Å²) in [5, 5.41) is 1.21. The first-order valence-corrected chi connectivity index (χ1v) is 9.97. The SMILES string of the molecule is CS(=N)(=O)CCC1CCN(c2ccnc3ccccc23)CC1. The second-order valence-corrected chi connectivity index (χ2v) is 8.69. The maximum Gasteiger partial charge on any atom is 0.0722 e. The standard InChI is InChI=1S/C17H23N3OS/c1-22(18,21)13-9-14-7-11-20(12-8-14)17-6-10-19-16-5-3-2-4-15(16)17/h2-6,10,14,18H,7-9,11-13H2,1H3. The van der Waals surface area contributed by atoms with Gasteiger partial charge in [-0.3, -0.25) is 14.0 Å².